The number of aromatic nitrogens is 2. The zero-order valence-electron chi connectivity index (χ0n) is 12.5. The first kappa shape index (κ1) is 16.1. The van der Waals surface area contributed by atoms with E-state index in [0.717, 1.165) is 47.8 Å². The van der Waals surface area contributed by atoms with Crippen LogP contribution in [0.3, 0.4) is 0 Å². The summed E-state index contributed by atoms with van der Waals surface area (Å²) in [5.41, 5.74) is 2.75. The zero-order chi connectivity index (χ0) is 15.4. The molecule has 1 aromatic carbocycles. The highest BCUT2D eigenvalue weighted by Gasteiger charge is 2.14. The minimum atomic E-state index is 0.604. The van der Waals surface area contributed by atoms with E-state index in [0.29, 0.717) is 10.0 Å². The predicted octanol–water partition coefficient (Wildman–Crippen LogP) is 5.14. The second-order valence-electron chi connectivity index (χ2n) is 4.87. The molecule has 0 aliphatic rings. The predicted molar refractivity (Wildman–Crippen MR) is 90.4 cm³/mol. The van der Waals surface area contributed by atoms with Crippen LogP contribution < -0.4 is 5.32 Å². The van der Waals surface area contributed by atoms with E-state index in [2.05, 4.69) is 22.2 Å². The van der Waals surface area contributed by atoms with E-state index >= 15 is 0 Å². The summed E-state index contributed by atoms with van der Waals surface area (Å²) < 4.78 is 0. The summed E-state index contributed by atoms with van der Waals surface area (Å²) >= 11 is 12.3. The summed E-state index contributed by atoms with van der Waals surface area (Å²) in [5.74, 6) is 1.69. The summed E-state index contributed by atoms with van der Waals surface area (Å²) in [5, 5.41) is 4.58. The monoisotopic (exact) mass is 323 g/mol. The third-order valence-corrected chi connectivity index (χ3v) is 3.78. The lowest BCUT2D eigenvalue weighted by Crippen LogP contribution is -2.08. The fourth-order valence-electron chi connectivity index (χ4n) is 2.08. The largest absolute Gasteiger partial charge is 0.370 e. The van der Waals surface area contributed by atoms with Gasteiger partial charge in [0.2, 0.25) is 0 Å². The first-order valence-corrected chi connectivity index (χ1v) is 7.89. The molecule has 3 nitrogen and oxygen atoms in total. The average molecular weight is 324 g/mol. The number of hydrogen-bond acceptors (Lipinski definition) is 3. The molecule has 2 rings (SSSR count). The van der Waals surface area contributed by atoms with Gasteiger partial charge >= 0.3 is 0 Å². The number of anilines is 1. The molecule has 1 N–H and O–H groups in total. The topological polar surface area (TPSA) is 37.8 Å². The standard InChI is InChI=1S/C16H19Cl2N3/c1-4-8-19-16-10(3)15(20-14(5-2)21-16)12-7-6-11(17)9-13(12)18/h6-7,9H,4-5,8H2,1-3H3,(H,19,20,21). The number of benzene rings is 1. The van der Waals surface area contributed by atoms with Crippen LogP contribution in [0.15, 0.2) is 18.2 Å². The fourth-order valence-corrected chi connectivity index (χ4v) is 2.58. The van der Waals surface area contributed by atoms with E-state index in [1.807, 2.05) is 26.0 Å². The van der Waals surface area contributed by atoms with E-state index in [9.17, 15) is 0 Å². The highest BCUT2D eigenvalue weighted by Crippen LogP contribution is 2.33. The molecule has 0 aliphatic carbocycles. The van der Waals surface area contributed by atoms with Crippen molar-refractivity contribution in [3.63, 3.8) is 0 Å². The van der Waals surface area contributed by atoms with Crippen molar-refractivity contribution in [2.45, 2.75) is 33.6 Å². The zero-order valence-corrected chi connectivity index (χ0v) is 14.0. The lowest BCUT2D eigenvalue weighted by molar-refractivity contribution is 0.911. The summed E-state index contributed by atoms with van der Waals surface area (Å²) in [6, 6.07) is 5.48. The van der Waals surface area contributed by atoms with Crippen LogP contribution in [0, 0.1) is 6.92 Å². The number of nitrogens with one attached hydrogen (secondary N) is 1. The van der Waals surface area contributed by atoms with Gasteiger partial charge in [0.25, 0.3) is 0 Å². The normalized spacial score (nSPS) is 10.7. The minimum absolute atomic E-state index is 0.604. The van der Waals surface area contributed by atoms with Gasteiger partial charge in [0.15, 0.2) is 0 Å². The van der Waals surface area contributed by atoms with E-state index in [-0.39, 0.29) is 0 Å². The number of hydrogen-bond donors (Lipinski definition) is 1. The maximum absolute atomic E-state index is 6.32. The van der Waals surface area contributed by atoms with Crippen LogP contribution in [0.4, 0.5) is 5.82 Å². The lowest BCUT2D eigenvalue weighted by atomic mass is 10.1. The maximum atomic E-state index is 6.32. The molecule has 0 bridgehead atoms. The van der Waals surface area contributed by atoms with Crippen LogP contribution >= 0.6 is 23.2 Å². The summed E-state index contributed by atoms with van der Waals surface area (Å²) in [7, 11) is 0. The summed E-state index contributed by atoms with van der Waals surface area (Å²) in [6.07, 6.45) is 1.82. The van der Waals surface area contributed by atoms with Crippen LogP contribution in [-0.2, 0) is 6.42 Å². The maximum Gasteiger partial charge on any atom is 0.133 e. The van der Waals surface area contributed by atoms with Gasteiger partial charge < -0.3 is 5.32 Å². The Morgan fingerprint density at radius 2 is 1.90 bits per heavy atom. The number of aryl methyl sites for hydroxylation is 1. The van der Waals surface area contributed by atoms with Crippen molar-refractivity contribution in [3.05, 3.63) is 39.6 Å². The third-order valence-electron chi connectivity index (χ3n) is 3.24. The molecule has 0 amide bonds. The Labute approximate surface area is 135 Å². The van der Waals surface area contributed by atoms with Gasteiger partial charge in [-0.05, 0) is 31.5 Å². The van der Waals surface area contributed by atoms with Gasteiger partial charge in [-0.25, -0.2) is 9.97 Å². The van der Waals surface area contributed by atoms with Gasteiger partial charge in [-0.1, -0.05) is 37.0 Å². The van der Waals surface area contributed by atoms with Crippen molar-refractivity contribution < 1.29 is 0 Å². The van der Waals surface area contributed by atoms with Crippen LogP contribution in [0.1, 0.15) is 31.7 Å². The first-order valence-electron chi connectivity index (χ1n) is 7.13. The second kappa shape index (κ2) is 7.10. The van der Waals surface area contributed by atoms with E-state index in [4.69, 9.17) is 23.2 Å². The third kappa shape index (κ3) is 3.66. The molecule has 0 atom stereocenters. The second-order valence-corrected chi connectivity index (χ2v) is 5.71. The Morgan fingerprint density at radius 3 is 2.52 bits per heavy atom. The van der Waals surface area contributed by atoms with E-state index in [1.54, 1.807) is 6.07 Å². The molecule has 112 valence electrons. The number of halogens is 2. The van der Waals surface area contributed by atoms with Crippen LogP contribution in [-0.4, -0.2) is 16.5 Å². The van der Waals surface area contributed by atoms with Gasteiger partial charge in [0, 0.05) is 29.1 Å². The van der Waals surface area contributed by atoms with Crippen molar-refractivity contribution >= 4 is 29.0 Å². The minimum Gasteiger partial charge on any atom is -0.370 e. The van der Waals surface area contributed by atoms with Gasteiger partial charge in [-0.3, -0.25) is 0 Å². The molecular formula is C16H19Cl2N3. The Morgan fingerprint density at radius 1 is 1.14 bits per heavy atom. The van der Waals surface area contributed by atoms with Crippen LogP contribution in [0.2, 0.25) is 10.0 Å². The first-order chi connectivity index (χ1) is 10.1. The van der Waals surface area contributed by atoms with Crippen LogP contribution in [0.5, 0.6) is 0 Å². The summed E-state index contributed by atoms with van der Waals surface area (Å²) in [6.45, 7) is 7.06. The fraction of sp³-hybridized carbons (Fsp3) is 0.375. The Bertz CT molecular complexity index is 642. The van der Waals surface area contributed by atoms with E-state index < -0.39 is 0 Å². The number of rotatable bonds is 5. The smallest absolute Gasteiger partial charge is 0.133 e. The Kier molecular flexibility index (Phi) is 5.43. The van der Waals surface area contributed by atoms with Gasteiger partial charge in [0.1, 0.15) is 11.6 Å². The molecular weight excluding hydrogens is 305 g/mol. The molecule has 0 fully saturated rings. The van der Waals surface area contributed by atoms with Crippen LogP contribution in [0.25, 0.3) is 11.3 Å². The van der Waals surface area contributed by atoms with Gasteiger partial charge in [0.05, 0.1) is 10.7 Å². The molecule has 0 aliphatic heterocycles. The van der Waals surface area contributed by atoms with Gasteiger partial charge in [-0.15, -0.1) is 0 Å². The quantitative estimate of drug-likeness (QED) is 0.827. The molecule has 5 heteroatoms. The van der Waals surface area contributed by atoms with Crippen molar-refractivity contribution in [2.75, 3.05) is 11.9 Å². The highest BCUT2D eigenvalue weighted by atomic mass is 35.5. The molecule has 0 saturated carbocycles. The molecule has 2 aromatic rings. The lowest BCUT2D eigenvalue weighted by Gasteiger charge is -2.14. The van der Waals surface area contributed by atoms with Crippen molar-refractivity contribution in [2.24, 2.45) is 0 Å². The highest BCUT2D eigenvalue weighted by molar-refractivity contribution is 6.36. The van der Waals surface area contributed by atoms with Crippen molar-refractivity contribution in [3.8, 4) is 11.3 Å². The van der Waals surface area contributed by atoms with Gasteiger partial charge in [-0.2, -0.15) is 0 Å². The van der Waals surface area contributed by atoms with Crippen molar-refractivity contribution in [1.82, 2.24) is 9.97 Å². The molecule has 1 heterocycles. The molecule has 21 heavy (non-hydrogen) atoms. The molecule has 0 unspecified atom stereocenters. The molecule has 0 saturated heterocycles. The SMILES string of the molecule is CCCNc1nc(CC)nc(-c2ccc(Cl)cc2Cl)c1C. The Hall–Kier alpha value is -1.32. The summed E-state index contributed by atoms with van der Waals surface area (Å²) in [4.78, 5) is 9.21. The molecule has 0 radical (unpaired) electrons. The molecule has 0 spiro atoms. The average Bonchev–Trinajstić information content (AvgIpc) is 2.47. The number of nitrogens with zero attached hydrogens (tertiary/aromatic N) is 2. The molecule has 1 aromatic heterocycles. The van der Waals surface area contributed by atoms with E-state index in [1.165, 1.54) is 0 Å². The Balaban J connectivity index is 2.56. The van der Waals surface area contributed by atoms with Crippen molar-refractivity contribution in [1.29, 1.82) is 0 Å².